The van der Waals surface area contributed by atoms with Gasteiger partial charge in [-0.05, 0) is 34.6 Å². The van der Waals surface area contributed by atoms with Gasteiger partial charge in [-0.15, -0.1) is 10.2 Å². The Labute approximate surface area is 200 Å². The molecule has 0 saturated heterocycles. The zero-order valence-electron chi connectivity index (χ0n) is 19.9. The smallest absolute Gasteiger partial charge is 0.230 e. The summed E-state index contributed by atoms with van der Waals surface area (Å²) in [6.45, 7) is 10.9. The van der Waals surface area contributed by atoms with Crippen molar-refractivity contribution in [1.82, 2.24) is 20.2 Å². The van der Waals surface area contributed by atoms with Crippen LogP contribution in [0.5, 0.6) is 5.75 Å². The molecule has 0 radical (unpaired) electrons. The van der Waals surface area contributed by atoms with E-state index >= 15 is 0 Å². The second-order valence-corrected chi connectivity index (χ2v) is 10.3. The fraction of sp³-hybridized carbons (Fsp3) is 0.400. The molecule has 0 fully saturated rings. The van der Waals surface area contributed by atoms with E-state index in [1.807, 2.05) is 42.5 Å². The number of carbonyl (C=O) groups is 1. The van der Waals surface area contributed by atoms with Gasteiger partial charge >= 0.3 is 0 Å². The molecule has 33 heavy (non-hydrogen) atoms. The molecule has 3 aromatic rings. The highest BCUT2D eigenvalue weighted by Gasteiger charge is 2.19. The van der Waals surface area contributed by atoms with Crippen LogP contribution < -0.4 is 15.9 Å². The first-order valence-electron chi connectivity index (χ1n) is 11.0. The lowest BCUT2D eigenvalue weighted by atomic mass is 9.87. The fourth-order valence-electron chi connectivity index (χ4n) is 3.34. The molecule has 176 valence electrons. The number of amides is 1. The molecule has 0 spiro atoms. The number of nitrogens with zero attached hydrogens (tertiary/aromatic N) is 3. The van der Waals surface area contributed by atoms with Gasteiger partial charge in [0.25, 0.3) is 0 Å². The molecule has 0 aliphatic carbocycles. The lowest BCUT2D eigenvalue weighted by Gasteiger charge is -2.22. The van der Waals surface area contributed by atoms with E-state index in [-0.39, 0.29) is 35.6 Å². The van der Waals surface area contributed by atoms with Crippen LogP contribution >= 0.6 is 11.8 Å². The number of benzene rings is 2. The Hall–Kier alpha value is -3.00. The topological polar surface area (TPSA) is 95.1 Å². The van der Waals surface area contributed by atoms with Crippen LogP contribution in [0.2, 0.25) is 0 Å². The van der Waals surface area contributed by atoms with E-state index in [1.54, 1.807) is 0 Å². The quantitative estimate of drug-likeness (QED) is 0.356. The summed E-state index contributed by atoms with van der Waals surface area (Å²) >= 11 is 1.25. The van der Waals surface area contributed by atoms with Crippen molar-refractivity contribution >= 4 is 17.7 Å². The molecule has 0 bridgehead atoms. The van der Waals surface area contributed by atoms with Gasteiger partial charge in [-0.3, -0.25) is 4.79 Å². The lowest BCUT2D eigenvalue weighted by Crippen LogP contribution is -2.33. The second-order valence-electron chi connectivity index (χ2n) is 9.32. The third-order valence-corrected chi connectivity index (χ3v) is 6.24. The summed E-state index contributed by atoms with van der Waals surface area (Å²) in [4.78, 5) is 12.6. The number of aromatic nitrogens is 3. The van der Waals surface area contributed by atoms with Crippen LogP contribution in [0, 0.1) is 5.92 Å². The Bertz CT molecular complexity index is 1040. The van der Waals surface area contributed by atoms with Crippen molar-refractivity contribution in [2.24, 2.45) is 5.92 Å². The average molecular weight is 468 g/mol. The van der Waals surface area contributed by atoms with Gasteiger partial charge < -0.3 is 15.9 Å². The van der Waals surface area contributed by atoms with E-state index in [2.05, 4.69) is 62.3 Å². The summed E-state index contributed by atoms with van der Waals surface area (Å²) in [6, 6.07) is 17.9. The molecule has 1 amide bonds. The van der Waals surface area contributed by atoms with Crippen LogP contribution in [0.4, 0.5) is 0 Å². The number of nitrogens with two attached hydrogens (primary N) is 1. The van der Waals surface area contributed by atoms with Crippen LogP contribution in [0.3, 0.4) is 0 Å². The second kappa shape index (κ2) is 10.7. The normalized spacial score (nSPS) is 12.5. The molecule has 7 nitrogen and oxygen atoms in total. The number of nitrogen functional groups attached to an aromatic ring is 1. The Balaban J connectivity index is 1.53. The van der Waals surface area contributed by atoms with Crippen molar-refractivity contribution in [1.29, 1.82) is 0 Å². The van der Waals surface area contributed by atoms with Gasteiger partial charge in [-0.25, -0.2) is 4.68 Å². The van der Waals surface area contributed by atoms with E-state index in [0.29, 0.717) is 11.0 Å². The van der Waals surface area contributed by atoms with Crippen LogP contribution in [0.15, 0.2) is 59.8 Å². The van der Waals surface area contributed by atoms with Crippen LogP contribution in [-0.4, -0.2) is 26.5 Å². The minimum Gasteiger partial charge on any atom is -0.486 e. The van der Waals surface area contributed by atoms with Crippen LogP contribution in [0.1, 0.15) is 57.6 Å². The Morgan fingerprint density at radius 1 is 1.09 bits per heavy atom. The van der Waals surface area contributed by atoms with Gasteiger partial charge in [0.2, 0.25) is 11.1 Å². The minimum absolute atomic E-state index is 0.0521. The van der Waals surface area contributed by atoms with E-state index in [9.17, 15) is 4.79 Å². The number of nitrogens with one attached hydrogen (secondary N) is 1. The summed E-state index contributed by atoms with van der Waals surface area (Å²) < 4.78 is 7.19. The third kappa shape index (κ3) is 6.74. The highest BCUT2D eigenvalue weighted by atomic mass is 32.2. The maximum atomic E-state index is 12.6. The summed E-state index contributed by atoms with van der Waals surface area (Å²) in [5.74, 6) is 7.74. The molecule has 0 aliphatic rings. The number of hydrogen-bond acceptors (Lipinski definition) is 6. The number of hydrogen-bond donors (Lipinski definition) is 2. The number of thioether (sulfide) groups is 1. The minimum atomic E-state index is -0.0812. The predicted octanol–water partition coefficient (Wildman–Crippen LogP) is 4.47. The monoisotopic (exact) mass is 467 g/mol. The van der Waals surface area contributed by atoms with E-state index in [4.69, 9.17) is 10.6 Å². The third-order valence-electron chi connectivity index (χ3n) is 5.30. The zero-order valence-corrected chi connectivity index (χ0v) is 20.7. The lowest BCUT2D eigenvalue weighted by molar-refractivity contribution is -0.119. The first-order valence-corrected chi connectivity index (χ1v) is 12.0. The highest BCUT2D eigenvalue weighted by molar-refractivity contribution is 7.99. The maximum Gasteiger partial charge on any atom is 0.230 e. The number of carbonyl (C=O) groups excluding carboxylic acids is 1. The van der Waals surface area contributed by atoms with Crippen molar-refractivity contribution in [2.45, 2.75) is 57.8 Å². The van der Waals surface area contributed by atoms with Gasteiger partial charge in [-0.1, -0.05) is 88.8 Å². The fourth-order valence-corrected chi connectivity index (χ4v) is 4.03. The molecule has 1 heterocycles. The van der Waals surface area contributed by atoms with E-state index < -0.39 is 0 Å². The zero-order chi connectivity index (χ0) is 24.0. The summed E-state index contributed by atoms with van der Waals surface area (Å²) in [5, 5.41) is 11.8. The van der Waals surface area contributed by atoms with Gasteiger partial charge in [-0.2, -0.15) is 0 Å². The summed E-state index contributed by atoms with van der Waals surface area (Å²) in [6.07, 6.45) is 0. The van der Waals surface area contributed by atoms with Gasteiger partial charge in [0.1, 0.15) is 12.4 Å². The van der Waals surface area contributed by atoms with Crippen molar-refractivity contribution in [2.75, 3.05) is 11.6 Å². The van der Waals surface area contributed by atoms with Gasteiger partial charge in [0.15, 0.2) is 5.82 Å². The summed E-state index contributed by atoms with van der Waals surface area (Å²) in [7, 11) is 0. The number of rotatable bonds is 9. The van der Waals surface area contributed by atoms with Crippen LogP contribution in [-0.2, 0) is 16.8 Å². The first-order chi connectivity index (χ1) is 15.6. The molecule has 3 N–H and O–H groups in total. The Morgan fingerprint density at radius 3 is 2.36 bits per heavy atom. The van der Waals surface area contributed by atoms with E-state index in [0.717, 1.165) is 11.3 Å². The van der Waals surface area contributed by atoms with Crippen molar-refractivity contribution in [3.05, 3.63) is 71.5 Å². The molecule has 1 atom stereocenters. The molecule has 3 rings (SSSR count). The molecule has 2 aromatic carbocycles. The Morgan fingerprint density at radius 2 is 1.76 bits per heavy atom. The molecular formula is C25H33N5O2S. The largest absolute Gasteiger partial charge is 0.486 e. The van der Waals surface area contributed by atoms with Gasteiger partial charge in [0, 0.05) is 0 Å². The standard InChI is InChI=1S/C25H33N5O2S/c1-17(2)23(18-9-7-6-8-10-18)27-22(31)16-33-24-29-28-21(30(24)26)15-32-20-13-11-19(12-14-20)25(3,4)5/h6-14,17,23H,15-16,26H2,1-5H3,(H,27,31). The molecule has 1 aromatic heterocycles. The molecular weight excluding hydrogens is 434 g/mol. The van der Waals surface area contributed by atoms with E-state index in [1.165, 1.54) is 22.0 Å². The maximum absolute atomic E-state index is 12.6. The average Bonchev–Trinajstić information content (AvgIpc) is 3.14. The first kappa shape index (κ1) is 24.6. The molecule has 1 unspecified atom stereocenters. The molecule has 0 aliphatic heterocycles. The van der Waals surface area contributed by atoms with Gasteiger partial charge in [0.05, 0.1) is 11.8 Å². The van der Waals surface area contributed by atoms with Crippen LogP contribution in [0.25, 0.3) is 0 Å². The molecule has 0 saturated carbocycles. The predicted molar refractivity (Wildman–Crippen MR) is 133 cm³/mol. The van der Waals surface area contributed by atoms with Crippen molar-refractivity contribution in [3.8, 4) is 5.75 Å². The van der Waals surface area contributed by atoms with Crippen molar-refractivity contribution in [3.63, 3.8) is 0 Å². The summed E-state index contributed by atoms with van der Waals surface area (Å²) in [5.41, 5.74) is 2.41. The SMILES string of the molecule is CC(C)C(NC(=O)CSc1nnc(COc2ccc(C(C)(C)C)cc2)n1N)c1ccccc1. The van der Waals surface area contributed by atoms with Crippen molar-refractivity contribution < 1.29 is 9.53 Å². The number of ether oxygens (including phenoxy) is 1. The Kier molecular flexibility index (Phi) is 8.02. The highest BCUT2D eigenvalue weighted by Crippen LogP contribution is 2.25. The molecule has 8 heteroatoms.